The molecule has 116 valence electrons. The Bertz CT molecular complexity index is 511. The van der Waals surface area contributed by atoms with E-state index < -0.39 is 0 Å². The van der Waals surface area contributed by atoms with Gasteiger partial charge in [-0.05, 0) is 0 Å². The second-order valence-corrected chi connectivity index (χ2v) is 5.09. The minimum atomic E-state index is -0.380. The predicted molar refractivity (Wildman–Crippen MR) is 76.4 cm³/mol. The van der Waals surface area contributed by atoms with E-state index in [4.69, 9.17) is 14.2 Å². The van der Waals surface area contributed by atoms with Crippen LogP contribution in [0.5, 0.6) is 11.5 Å². The zero-order valence-electron chi connectivity index (χ0n) is 13.0. The lowest BCUT2D eigenvalue weighted by Gasteiger charge is -2.15. The molecule has 0 aliphatic rings. The molecule has 0 radical (unpaired) electrons. The molecule has 1 aromatic rings. The number of carbonyl (C=O) groups excluding carboxylic acids is 2. The maximum atomic E-state index is 12.1. The molecule has 0 atom stereocenters. The highest BCUT2D eigenvalue weighted by Crippen LogP contribution is 2.31. The first-order valence-corrected chi connectivity index (χ1v) is 6.75. The molecule has 1 aromatic heterocycles. The molecule has 1 rings (SSSR count). The Morgan fingerprint density at radius 3 is 2.38 bits per heavy atom. The maximum Gasteiger partial charge on any atom is 0.311 e. The molecule has 0 spiro atoms. The highest BCUT2D eigenvalue weighted by atomic mass is 16.7. The first-order chi connectivity index (χ1) is 9.88. The van der Waals surface area contributed by atoms with Gasteiger partial charge in [0.2, 0.25) is 6.79 Å². The van der Waals surface area contributed by atoms with E-state index in [0.717, 1.165) is 0 Å². The second-order valence-electron chi connectivity index (χ2n) is 5.09. The number of hydrogen-bond donors (Lipinski definition) is 0. The van der Waals surface area contributed by atoms with Gasteiger partial charge in [-0.1, -0.05) is 27.7 Å². The van der Waals surface area contributed by atoms with Crippen LogP contribution in [0, 0.1) is 11.8 Å². The Kier molecular flexibility index (Phi) is 6.14. The number of esters is 1. The molecule has 1 heterocycles. The highest BCUT2D eigenvalue weighted by molar-refractivity contribution is 5.98. The van der Waals surface area contributed by atoms with Crippen molar-refractivity contribution >= 4 is 11.8 Å². The van der Waals surface area contributed by atoms with Gasteiger partial charge in [-0.25, -0.2) is 4.98 Å². The molecule has 0 aromatic carbocycles. The molecule has 6 nitrogen and oxygen atoms in total. The Morgan fingerprint density at radius 1 is 1.19 bits per heavy atom. The van der Waals surface area contributed by atoms with Crippen molar-refractivity contribution in [3.63, 3.8) is 0 Å². The van der Waals surface area contributed by atoms with E-state index in [1.807, 2.05) is 0 Å². The van der Waals surface area contributed by atoms with Gasteiger partial charge in [0.25, 0.3) is 0 Å². The van der Waals surface area contributed by atoms with Crippen LogP contribution in [0.1, 0.15) is 38.2 Å². The fourth-order valence-corrected chi connectivity index (χ4v) is 1.49. The third-order valence-electron chi connectivity index (χ3n) is 2.72. The highest BCUT2D eigenvalue weighted by Gasteiger charge is 2.21. The van der Waals surface area contributed by atoms with Crippen LogP contribution < -0.4 is 9.47 Å². The van der Waals surface area contributed by atoms with Gasteiger partial charge in [-0.2, -0.15) is 0 Å². The number of aromatic nitrogens is 1. The van der Waals surface area contributed by atoms with Crippen LogP contribution in [0.3, 0.4) is 0 Å². The number of nitrogens with zero attached hydrogens (tertiary/aromatic N) is 1. The number of ether oxygens (including phenoxy) is 3. The van der Waals surface area contributed by atoms with Crippen molar-refractivity contribution in [3.8, 4) is 11.5 Å². The van der Waals surface area contributed by atoms with E-state index in [0.29, 0.717) is 5.75 Å². The first kappa shape index (κ1) is 16.9. The Labute approximate surface area is 124 Å². The molecule has 0 aliphatic heterocycles. The number of carbonyl (C=O) groups is 2. The SMILES string of the molecule is COc1ccnc(C(=O)C(C)C)c1OCOC(=O)C(C)C. The zero-order valence-corrected chi connectivity index (χ0v) is 13.0. The quantitative estimate of drug-likeness (QED) is 0.437. The summed E-state index contributed by atoms with van der Waals surface area (Å²) in [6.07, 6.45) is 1.47. The van der Waals surface area contributed by atoms with Gasteiger partial charge in [0.15, 0.2) is 23.0 Å². The summed E-state index contributed by atoms with van der Waals surface area (Å²) in [5, 5.41) is 0. The number of methoxy groups -OCH3 is 1. The zero-order chi connectivity index (χ0) is 16.0. The van der Waals surface area contributed by atoms with Crippen LogP contribution in [0.25, 0.3) is 0 Å². The number of pyridine rings is 1. The van der Waals surface area contributed by atoms with Gasteiger partial charge >= 0.3 is 5.97 Å². The normalized spacial score (nSPS) is 10.6. The first-order valence-electron chi connectivity index (χ1n) is 6.75. The van der Waals surface area contributed by atoms with E-state index in [2.05, 4.69) is 4.98 Å². The number of hydrogen-bond acceptors (Lipinski definition) is 6. The fourth-order valence-electron chi connectivity index (χ4n) is 1.49. The monoisotopic (exact) mass is 295 g/mol. The second kappa shape index (κ2) is 7.61. The van der Waals surface area contributed by atoms with Crippen molar-refractivity contribution in [1.82, 2.24) is 4.98 Å². The largest absolute Gasteiger partial charge is 0.493 e. The summed E-state index contributed by atoms with van der Waals surface area (Å²) in [5.41, 5.74) is 0.171. The van der Waals surface area contributed by atoms with Crippen molar-refractivity contribution in [3.05, 3.63) is 18.0 Å². The minimum Gasteiger partial charge on any atom is -0.493 e. The Hall–Kier alpha value is -2.11. The molecule has 0 fully saturated rings. The lowest BCUT2D eigenvalue weighted by molar-refractivity contribution is -0.154. The van der Waals surface area contributed by atoms with Crippen LogP contribution in [0.15, 0.2) is 12.3 Å². The topological polar surface area (TPSA) is 74.7 Å². The summed E-state index contributed by atoms with van der Waals surface area (Å²) in [5.74, 6) is -0.468. The van der Waals surface area contributed by atoms with Crippen LogP contribution in [-0.2, 0) is 9.53 Å². The number of rotatable bonds is 7. The van der Waals surface area contributed by atoms with Crippen molar-refractivity contribution in [1.29, 1.82) is 0 Å². The van der Waals surface area contributed by atoms with Gasteiger partial charge in [-0.3, -0.25) is 9.59 Å². The molecule has 21 heavy (non-hydrogen) atoms. The van der Waals surface area contributed by atoms with E-state index in [1.54, 1.807) is 33.8 Å². The average molecular weight is 295 g/mol. The molecule has 0 saturated carbocycles. The molecule has 0 saturated heterocycles. The summed E-state index contributed by atoms with van der Waals surface area (Å²) in [4.78, 5) is 27.6. The van der Waals surface area contributed by atoms with Gasteiger partial charge in [0, 0.05) is 18.2 Å². The summed E-state index contributed by atoms with van der Waals surface area (Å²) < 4.78 is 15.5. The third-order valence-corrected chi connectivity index (χ3v) is 2.72. The van der Waals surface area contributed by atoms with E-state index >= 15 is 0 Å². The third kappa shape index (κ3) is 4.44. The summed E-state index contributed by atoms with van der Waals surface area (Å²) in [6, 6.07) is 1.58. The standard InChI is InChI=1S/C15H21NO5/c1-9(2)13(17)12-14(11(19-5)6-7-16-12)20-8-21-15(18)10(3)4/h6-7,9-10H,8H2,1-5H3. The summed E-state index contributed by atoms with van der Waals surface area (Å²) >= 11 is 0. The predicted octanol–water partition coefficient (Wildman–Crippen LogP) is 2.46. The van der Waals surface area contributed by atoms with Crippen molar-refractivity contribution in [2.75, 3.05) is 13.9 Å². The Morgan fingerprint density at radius 2 is 1.86 bits per heavy atom. The lowest BCUT2D eigenvalue weighted by Crippen LogP contribution is -2.18. The van der Waals surface area contributed by atoms with E-state index in [-0.39, 0.29) is 41.8 Å². The van der Waals surface area contributed by atoms with E-state index in [1.165, 1.54) is 13.3 Å². The van der Waals surface area contributed by atoms with Gasteiger partial charge in [-0.15, -0.1) is 0 Å². The summed E-state index contributed by atoms with van der Waals surface area (Å²) in [7, 11) is 1.46. The fraction of sp³-hybridized carbons (Fsp3) is 0.533. The van der Waals surface area contributed by atoms with E-state index in [9.17, 15) is 9.59 Å². The number of ketones is 1. The molecule has 0 N–H and O–H groups in total. The maximum absolute atomic E-state index is 12.1. The molecular formula is C15H21NO5. The molecular weight excluding hydrogens is 274 g/mol. The molecule has 0 bridgehead atoms. The summed E-state index contributed by atoms with van der Waals surface area (Å²) in [6.45, 7) is 6.69. The minimum absolute atomic E-state index is 0.168. The van der Waals surface area contributed by atoms with Crippen LogP contribution in [-0.4, -0.2) is 30.6 Å². The molecule has 6 heteroatoms. The molecule has 0 aliphatic carbocycles. The van der Waals surface area contributed by atoms with Crippen molar-refractivity contribution < 1.29 is 23.8 Å². The Balaban J connectivity index is 2.93. The van der Waals surface area contributed by atoms with Gasteiger partial charge < -0.3 is 14.2 Å². The number of Topliss-reactive ketones (excluding diaryl/α,β-unsaturated/α-hetero) is 1. The van der Waals surface area contributed by atoms with Crippen LogP contribution in [0.2, 0.25) is 0 Å². The average Bonchev–Trinajstić information content (AvgIpc) is 2.45. The van der Waals surface area contributed by atoms with Crippen LogP contribution >= 0.6 is 0 Å². The van der Waals surface area contributed by atoms with Gasteiger partial charge in [0.1, 0.15) is 0 Å². The smallest absolute Gasteiger partial charge is 0.311 e. The lowest BCUT2D eigenvalue weighted by atomic mass is 10.1. The molecule has 0 unspecified atom stereocenters. The van der Waals surface area contributed by atoms with Crippen molar-refractivity contribution in [2.24, 2.45) is 11.8 Å². The van der Waals surface area contributed by atoms with Crippen LogP contribution in [0.4, 0.5) is 0 Å². The molecule has 0 amide bonds. The van der Waals surface area contributed by atoms with Gasteiger partial charge in [0.05, 0.1) is 13.0 Å². The van der Waals surface area contributed by atoms with Crippen molar-refractivity contribution in [2.45, 2.75) is 27.7 Å².